The Morgan fingerprint density at radius 1 is 1.17 bits per heavy atom. The maximum atomic E-state index is 2.14. The molecule has 0 N–H and O–H groups in total. The van der Waals surface area contributed by atoms with Gasteiger partial charge in [-0.25, -0.2) is 0 Å². The van der Waals surface area contributed by atoms with Crippen LogP contribution < -0.4 is 0 Å². The minimum atomic E-state index is 1.25. The summed E-state index contributed by atoms with van der Waals surface area (Å²) in [5.74, 6) is 0. The van der Waals surface area contributed by atoms with Gasteiger partial charge in [0.1, 0.15) is 0 Å². The van der Waals surface area contributed by atoms with Gasteiger partial charge in [0.25, 0.3) is 0 Å². The molecule has 1 heterocycles. The summed E-state index contributed by atoms with van der Waals surface area (Å²) in [6, 6.07) is 2.14. The molecule has 1 aromatic heterocycles. The van der Waals surface area contributed by atoms with E-state index in [9.17, 15) is 0 Å². The highest BCUT2D eigenvalue weighted by molar-refractivity contribution is 7.10. The van der Waals surface area contributed by atoms with Crippen molar-refractivity contribution in [1.29, 1.82) is 0 Å². The quantitative estimate of drug-likeness (QED) is 0.545. The van der Waals surface area contributed by atoms with Crippen LogP contribution in [0.5, 0.6) is 0 Å². The maximum absolute atomic E-state index is 2.14. The monoisotopic (exact) mass is 186 g/mol. The van der Waals surface area contributed by atoms with Crippen molar-refractivity contribution in [3.8, 4) is 0 Å². The molecule has 12 heavy (non-hydrogen) atoms. The highest BCUT2D eigenvalue weighted by atomic mass is 32.1. The molecule has 0 bridgehead atoms. The lowest BCUT2D eigenvalue weighted by molar-refractivity contribution is 1.09. The molecule has 0 fully saturated rings. The van der Waals surface area contributed by atoms with Crippen LogP contribution in [-0.2, 0) is 0 Å². The maximum Gasteiger partial charge on any atom is 0.00433 e. The Morgan fingerprint density at radius 3 is 1.67 bits per heavy atom. The Morgan fingerprint density at radius 2 is 1.58 bits per heavy atom. The van der Waals surface area contributed by atoms with Crippen LogP contribution in [-0.4, -0.2) is 0 Å². The molecule has 0 atom stereocenters. The normalized spacial score (nSPS) is 7.50. The Hall–Kier alpha value is -0.300. The predicted molar refractivity (Wildman–Crippen MR) is 61.1 cm³/mol. The van der Waals surface area contributed by atoms with Crippen molar-refractivity contribution in [3.63, 3.8) is 0 Å². The Labute approximate surface area is 81.6 Å². The first-order valence-electron chi connectivity index (χ1n) is 4.73. The van der Waals surface area contributed by atoms with Crippen molar-refractivity contribution in [2.24, 2.45) is 0 Å². The molecule has 1 heteroatoms. The average Bonchev–Trinajstić information content (AvgIpc) is 2.42. The number of rotatable bonds is 0. The summed E-state index contributed by atoms with van der Waals surface area (Å²) in [5, 5.41) is 2.12. The first-order valence-corrected chi connectivity index (χ1v) is 5.61. The van der Waals surface area contributed by atoms with E-state index in [1.807, 2.05) is 13.8 Å². The van der Waals surface area contributed by atoms with Crippen LogP contribution in [0.15, 0.2) is 11.4 Å². The molecule has 0 radical (unpaired) electrons. The summed E-state index contributed by atoms with van der Waals surface area (Å²) in [4.78, 5) is 1.43. The van der Waals surface area contributed by atoms with Crippen molar-refractivity contribution < 1.29 is 0 Å². The van der Waals surface area contributed by atoms with Crippen LogP contribution in [0.1, 0.15) is 44.6 Å². The summed E-state index contributed by atoms with van der Waals surface area (Å²) in [6.07, 6.45) is 1.25. The van der Waals surface area contributed by atoms with Crippen molar-refractivity contribution in [2.75, 3.05) is 0 Å². The third kappa shape index (κ3) is 7.80. The largest absolute Gasteiger partial charge is 0.149 e. The van der Waals surface area contributed by atoms with Gasteiger partial charge in [0, 0.05) is 4.88 Å². The van der Waals surface area contributed by atoms with E-state index in [1.54, 1.807) is 11.3 Å². The Kier molecular flexibility index (Phi) is 12.7. The average molecular weight is 186 g/mol. The summed E-state index contributed by atoms with van der Waals surface area (Å²) < 4.78 is 0. The summed E-state index contributed by atoms with van der Waals surface area (Å²) in [7, 11) is 0. The van der Waals surface area contributed by atoms with Gasteiger partial charge in [-0.1, -0.05) is 34.1 Å². The van der Waals surface area contributed by atoms with E-state index in [0.29, 0.717) is 0 Å². The molecule has 1 rings (SSSR count). The number of aryl methyl sites for hydroxylation is 2. The van der Waals surface area contributed by atoms with Gasteiger partial charge >= 0.3 is 0 Å². The highest BCUT2D eigenvalue weighted by Crippen LogP contribution is 2.12. The van der Waals surface area contributed by atoms with E-state index in [0.717, 1.165) is 0 Å². The number of hydrogen-bond donors (Lipinski definition) is 0. The van der Waals surface area contributed by atoms with Crippen LogP contribution in [0.4, 0.5) is 0 Å². The van der Waals surface area contributed by atoms with Gasteiger partial charge in [0.05, 0.1) is 0 Å². The zero-order valence-electron chi connectivity index (χ0n) is 9.27. The zero-order valence-corrected chi connectivity index (χ0v) is 10.1. The smallest absolute Gasteiger partial charge is 0.00433 e. The Balaban J connectivity index is 0. The molecule has 0 aromatic carbocycles. The van der Waals surface area contributed by atoms with Crippen LogP contribution in [0.2, 0.25) is 0 Å². The van der Waals surface area contributed by atoms with Crippen molar-refractivity contribution in [2.45, 2.75) is 48.0 Å². The molecule has 1 aromatic rings. The molecule has 0 saturated heterocycles. The first-order chi connectivity index (χ1) is 5.72. The van der Waals surface area contributed by atoms with Crippen LogP contribution in [0.25, 0.3) is 0 Å². The molecular weight excluding hydrogens is 164 g/mol. The van der Waals surface area contributed by atoms with Gasteiger partial charge < -0.3 is 0 Å². The number of hydrogen-bond acceptors (Lipinski definition) is 1. The van der Waals surface area contributed by atoms with Crippen LogP contribution >= 0.6 is 11.3 Å². The first kappa shape index (κ1) is 14.2. The molecule has 0 saturated carbocycles. The molecular formula is C11H22S. The van der Waals surface area contributed by atoms with Crippen LogP contribution in [0, 0.1) is 13.8 Å². The fourth-order valence-corrected chi connectivity index (χ4v) is 1.18. The summed E-state index contributed by atoms with van der Waals surface area (Å²) in [6.45, 7) is 12.5. The van der Waals surface area contributed by atoms with E-state index in [4.69, 9.17) is 0 Å². The molecule has 0 nitrogen and oxygen atoms in total. The van der Waals surface area contributed by atoms with E-state index in [2.05, 4.69) is 39.1 Å². The SMILES string of the molecule is CC.CCC.Cc1ccsc1C. The summed E-state index contributed by atoms with van der Waals surface area (Å²) in [5.41, 5.74) is 1.41. The second-order valence-corrected chi connectivity index (χ2v) is 3.49. The minimum absolute atomic E-state index is 1.25. The van der Waals surface area contributed by atoms with Gasteiger partial charge in [0.15, 0.2) is 0 Å². The van der Waals surface area contributed by atoms with Crippen molar-refractivity contribution >= 4 is 11.3 Å². The van der Waals surface area contributed by atoms with Gasteiger partial charge in [0.2, 0.25) is 0 Å². The van der Waals surface area contributed by atoms with E-state index in [-0.39, 0.29) is 0 Å². The van der Waals surface area contributed by atoms with Gasteiger partial charge in [-0.15, -0.1) is 11.3 Å². The molecule has 0 amide bonds. The van der Waals surface area contributed by atoms with Gasteiger partial charge in [-0.05, 0) is 30.9 Å². The fraction of sp³-hybridized carbons (Fsp3) is 0.636. The molecule has 0 aliphatic carbocycles. The van der Waals surface area contributed by atoms with E-state index < -0.39 is 0 Å². The second-order valence-electron chi connectivity index (χ2n) is 2.37. The van der Waals surface area contributed by atoms with Crippen molar-refractivity contribution in [3.05, 3.63) is 21.9 Å². The molecule has 0 unspecified atom stereocenters. The lowest BCUT2D eigenvalue weighted by Crippen LogP contribution is -1.61. The third-order valence-corrected chi connectivity index (χ3v) is 2.07. The van der Waals surface area contributed by atoms with Crippen molar-refractivity contribution in [1.82, 2.24) is 0 Å². The minimum Gasteiger partial charge on any atom is -0.149 e. The predicted octanol–water partition coefficient (Wildman–Crippen LogP) is 4.81. The van der Waals surface area contributed by atoms with Crippen LogP contribution in [0.3, 0.4) is 0 Å². The summed E-state index contributed by atoms with van der Waals surface area (Å²) >= 11 is 1.80. The Bertz CT molecular complexity index is 149. The molecule has 0 aliphatic rings. The van der Waals surface area contributed by atoms with Gasteiger partial charge in [-0.2, -0.15) is 0 Å². The molecule has 0 aliphatic heterocycles. The zero-order chi connectivity index (χ0) is 9.98. The lowest BCUT2D eigenvalue weighted by atomic mass is 10.3. The molecule has 0 spiro atoms. The van der Waals surface area contributed by atoms with Gasteiger partial charge in [-0.3, -0.25) is 0 Å². The lowest BCUT2D eigenvalue weighted by Gasteiger charge is -1.79. The second kappa shape index (κ2) is 10.7. The fourth-order valence-electron chi connectivity index (χ4n) is 0.448. The van der Waals surface area contributed by atoms with E-state index >= 15 is 0 Å². The standard InChI is InChI=1S/C6H8S.C3H8.C2H6/c1-5-3-4-7-6(5)2;1-3-2;1-2/h3-4H,1-2H3;3H2,1-2H3;1-2H3. The molecule has 72 valence electrons. The highest BCUT2D eigenvalue weighted by Gasteiger charge is 1.87. The van der Waals surface area contributed by atoms with E-state index in [1.165, 1.54) is 16.9 Å². The third-order valence-electron chi connectivity index (χ3n) is 1.12. The topological polar surface area (TPSA) is 0 Å². The number of thiophene rings is 1.